The third-order valence-corrected chi connectivity index (χ3v) is 2.76. The van der Waals surface area contributed by atoms with Gasteiger partial charge in [0.05, 0.1) is 13.1 Å². The molecule has 0 aromatic carbocycles. The second-order valence-corrected chi connectivity index (χ2v) is 3.47. The molecule has 0 atom stereocenters. The summed E-state index contributed by atoms with van der Waals surface area (Å²) < 4.78 is 0. The first kappa shape index (κ1) is 5.69. The molecule has 2 heterocycles. The van der Waals surface area contributed by atoms with E-state index in [1.165, 1.54) is 39.0 Å². The molecule has 0 saturated carbocycles. The summed E-state index contributed by atoms with van der Waals surface area (Å²) in [6.45, 7) is 5.31. The second-order valence-electron chi connectivity index (χ2n) is 3.47. The molecule has 52 valence electrons. The fourth-order valence-corrected chi connectivity index (χ4v) is 1.92. The minimum absolute atomic E-state index is 0.759. The van der Waals surface area contributed by atoms with Gasteiger partial charge in [0.25, 0.3) is 0 Å². The molecule has 0 aromatic heterocycles. The Labute approximate surface area is 56.0 Å². The van der Waals surface area contributed by atoms with Crippen molar-refractivity contribution in [2.75, 3.05) is 26.2 Å². The van der Waals surface area contributed by atoms with Crippen LogP contribution in [-0.2, 0) is 0 Å². The molecule has 2 rings (SSSR count). The first-order valence-electron chi connectivity index (χ1n) is 3.94. The molecule has 2 aliphatic heterocycles. The van der Waals surface area contributed by atoms with Crippen LogP contribution in [-0.4, -0.2) is 26.2 Å². The molecule has 0 radical (unpaired) electrons. The number of quaternary nitrogens is 1. The highest BCUT2D eigenvalue weighted by Gasteiger charge is 2.38. The monoisotopic (exact) mass is 127 g/mol. The highest BCUT2D eigenvalue weighted by molar-refractivity contribution is 4.92. The van der Waals surface area contributed by atoms with Crippen LogP contribution in [0.4, 0.5) is 0 Å². The minimum Gasteiger partial charge on any atom is -0.346 e. The van der Waals surface area contributed by atoms with Gasteiger partial charge in [0.15, 0.2) is 0 Å². The van der Waals surface area contributed by atoms with Crippen LogP contribution in [0.15, 0.2) is 0 Å². The third-order valence-electron chi connectivity index (χ3n) is 2.76. The van der Waals surface area contributed by atoms with E-state index in [0.29, 0.717) is 0 Å². The molecule has 1 spiro atoms. The molecule has 2 heteroatoms. The van der Waals surface area contributed by atoms with Crippen LogP contribution in [0.25, 0.3) is 0 Å². The van der Waals surface area contributed by atoms with Crippen LogP contribution in [0.1, 0.15) is 12.8 Å². The van der Waals surface area contributed by atoms with Crippen molar-refractivity contribution in [3.63, 3.8) is 0 Å². The maximum atomic E-state index is 3.36. The number of hydrogen-bond donors (Lipinski definition) is 2. The summed E-state index contributed by atoms with van der Waals surface area (Å²) >= 11 is 0. The van der Waals surface area contributed by atoms with E-state index in [-0.39, 0.29) is 0 Å². The quantitative estimate of drug-likeness (QED) is 0.426. The van der Waals surface area contributed by atoms with Crippen LogP contribution in [0.2, 0.25) is 0 Å². The summed E-state index contributed by atoms with van der Waals surface area (Å²) in [6.07, 6.45) is 2.89. The Bertz CT molecular complexity index is 99.5. The van der Waals surface area contributed by atoms with E-state index in [2.05, 4.69) is 10.6 Å². The van der Waals surface area contributed by atoms with Gasteiger partial charge < -0.3 is 10.6 Å². The average Bonchev–Trinajstić information content (AvgIpc) is 1.87. The second kappa shape index (κ2) is 1.96. The first-order valence-corrected chi connectivity index (χ1v) is 3.94. The van der Waals surface area contributed by atoms with Gasteiger partial charge in [-0.05, 0) is 0 Å². The Balaban J connectivity index is 1.93. The van der Waals surface area contributed by atoms with Gasteiger partial charge in [-0.2, -0.15) is 0 Å². The van der Waals surface area contributed by atoms with Gasteiger partial charge in [0.2, 0.25) is 0 Å². The fraction of sp³-hybridized carbons (Fsp3) is 1.00. The molecule has 2 aliphatic rings. The van der Waals surface area contributed by atoms with E-state index in [1.807, 2.05) is 0 Å². The predicted molar refractivity (Wildman–Crippen MR) is 36.2 cm³/mol. The normalized spacial score (nSPS) is 32.0. The average molecular weight is 127 g/mol. The molecule has 3 N–H and O–H groups in total. The van der Waals surface area contributed by atoms with Crippen molar-refractivity contribution in [3.8, 4) is 0 Å². The summed E-state index contributed by atoms with van der Waals surface area (Å²) in [4.78, 5) is 0. The molecule has 0 aliphatic carbocycles. The summed E-state index contributed by atoms with van der Waals surface area (Å²) in [7, 11) is 0. The van der Waals surface area contributed by atoms with Crippen LogP contribution in [0.5, 0.6) is 0 Å². The molecular formula is C7H15N2+. The molecule has 2 fully saturated rings. The lowest BCUT2D eigenvalue weighted by Crippen LogP contribution is -2.88. The van der Waals surface area contributed by atoms with Crippen molar-refractivity contribution in [1.82, 2.24) is 5.32 Å². The number of nitrogens with two attached hydrogens (primary N) is 1. The zero-order chi connectivity index (χ0) is 6.16. The first-order chi connectivity index (χ1) is 4.41. The maximum Gasteiger partial charge on any atom is 0.0761 e. The standard InChI is InChI=1S/C7H14N2/c1-3-8-4-2-7(1)5-9-6-7/h8-9H,1-6H2/p+1. The van der Waals surface area contributed by atoms with Gasteiger partial charge >= 0.3 is 0 Å². The largest absolute Gasteiger partial charge is 0.346 e. The van der Waals surface area contributed by atoms with E-state index in [0.717, 1.165) is 5.41 Å². The zero-order valence-corrected chi connectivity index (χ0v) is 5.82. The van der Waals surface area contributed by atoms with Crippen molar-refractivity contribution in [3.05, 3.63) is 0 Å². The topological polar surface area (TPSA) is 28.6 Å². The molecule has 2 saturated heterocycles. The lowest BCUT2D eigenvalue weighted by Gasteiger charge is -2.44. The van der Waals surface area contributed by atoms with Crippen molar-refractivity contribution in [1.29, 1.82) is 0 Å². The summed E-state index contributed by atoms with van der Waals surface area (Å²) in [6, 6.07) is 0. The minimum atomic E-state index is 0.759. The molecule has 9 heavy (non-hydrogen) atoms. The zero-order valence-electron chi connectivity index (χ0n) is 5.82. The molecule has 2 nitrogen and oxygen atoms in total. The van der Waals surface area contributed by atoms with Gasteiger partial charge in [0, 0.05) is 31.3 Å². The van der Waals surface area contributed by atoms with Gasteiger partial charge in [-0.25, -0.2) is 0 Å². The van der Waals surface area contributed by atoms with Gasteiger partial charge in [-0.1, -0.05) is 0 Å². The summed E-state index contributed by atoms with van der Waals surface area (Å²) in [5, 5.41) is 5.79. The summed E-state index contributed by atoms with van der Waals surface area (Å²) in [5.74, 6) is 0. The highest BCUT2D eigenvalue weighted by atomic mass is 15.0. The maximum absolute atomic E-state index is 3.36. The number of hydrogen-bond acceptors (Lipinski definition) is 1. The van der Waals surface area contributed by atoms with Crippen molar-refractivity contribution in [2.45, 2.75) is 12.8 Å². The van der Waals surface area contributed by atoms with Gasteiger partial charge in [-0.3, -0.25) is 0 Å². The van der Waals surface area contributed by atoms with Crippen LogP contribution < -0.4 is 10.6 Å². The third kappa shape index (κ3) is 0.864. The Morgan fingerprint density at radius 1 is 1.11 bits per heavy atom. The van der Waals surface area contributed by atoms with Crippen LogP contribution in [0.3, 0.4) is 0 Å². The number of rotatable bonds is 0. The highest BCUT2D eigenvalue weighted by Crippen LogP contribution is 2.30. The molecular weight excluding hydrogens is 112 g/mol. The van der Waals surface area contributed by atoms with E-state index in [1.54, 1.807) is 0 Å². The fourth-order valence-electron chi connectivity index (χ4n) is 1.92. The number of nitrogens with one attached hydrogen (secondary N) is 1. The predicted octanol–water partition coefficient (Wildman–Crippen LogP) is -1.07. The van der Waals surface area contributed by atoms with E-state index < -0.39 is 0 Å². The van der Waals surface area contributed by atoms with Crippen molar-refractivity contribution >= 4 is 0 Å². The van der Waals surface area contributed by atoms with E-state index >= 15 is 0 Å². The Morgan fingerprint density at radius 3 is 2.11 bits per heavy atom. The Kier molecular flexibility index (Phi) is 1.24. The SMILES string of the molecule is C1CC2(CC[NH2+]1)CNC2. The van der Waals surface area contributed by atoms with E-state index in [4.69, 9.17) is 0 Å². The van der Waals surface area contributed by atoms with Gasteiger partial charge in [0.1, 0.15) is 0 Å². The number of piperidine rings is 1. The molecule has 0 bridgehead atoms. The Morgan fingerprint density at radius 2 is 1.78 bits per heavy atom. The molecule has 0 amide bonds. The van der Waals surface area contributed by atoms with E-state index in [9.17, 15) is 0 Å². The summed E-state index contributed by atoms with van der Waals surface area (Å²) in [5.41, 5.74) is 0.759. The van der Waals surface area contributed by atoms with Gasteiger partial charge in [-0.15, -0.1) is 0 Å². The van der Waals surface area contributed by atoms with Crippen LogP contribution >= 0.6 is 0 Å². The van der Waals surface area contributed by atoms with Crippen molar-refractivity contribution < 1.29 is 5.32 Å². The Hall–Kier alpha value is -0.0800. The lowest BCUT2D eigenvalue weighted by atomic mass is 9.74. The van der Waals surface area contributed by atoms with Crippen LogP contribution in [0, 0.1) is 5.41 Å². The molecule has 0 aromatic rings. The van der Waals surface area contributed by atoms with Crippen molar-refractivity contribution in [2.24, 2.45) is 5.41 Å². The smallest absolute Gasteiger partial charge is 0.0761 e. The lowest BCUT2D eigenvalue weighted by molar-refractivity contribution is -0.668. The molecule has 0 unspecified atom stereocenters.